The molecule has 1 unspecified atom stereocenters. The highest BCUT2D eigenvalue weighted by molar-refractivity contribution is 5.77. The summed E-state index contributed by atoms with van der Waals surface area (Å²) in [6.07, 6.45) is -4.47. The Bertz CT molecular complexity index is 504. The third-order valence-corrected chi connectivity index (χ3v) is 3.12. The van der Waals surface area contributed by atoms with Gasteiger partial charge in [0.2, 0.25) is 0 Å². The van der Waals surface area contributed by atoms with Gasteiger partial charge in [-0.1, -0.05) is 6.07 Å². The van der Waals surface area contributed by atoms with Crippen molar-refractivity contribution in [3.8, 4) is 5.75 Å². The van der Waals surface area contributed by atoms with Crippen LogP contribution in [0.3, 0.4) is 0 Å². The number of morpholine rings is 1. The molecule has 0 spiro atoms. The molecule has 1 amide bonds. The molecule has 1 aromatic rings. The molecule has 2 rings (SSSR count). The number of alkyl halides is 3. The van der Waals surface area contributed by atoms with Crippen LogP contribution in [0.25, 0.3) is 0 Å². The Morgan fingerprint density at radius 2 is 2.24 bits per heavy atom. The first-order valence-electron chi connectivity index (χ1n) is 6.55. The van der Waals surface area contributed by atoms with Gasteiger partial charge in [-0.2, -0.15) is 13.2 Å². The summed E-state index contributed by atoms with van der Waals surface area (Å²) >= 11 is 0. The predicted molar refractivity (Wildman–Crippen MR) is 68.9 cm³/mol. The molecule has 0 N–H and O–H groups in total. The maximum absolute atomic E-state index is 12.6. The van der Waals surface area contributed by atoms with Gasteiger partial charge < -0.3 is 14.4 Å². The van der Waals surface area contributed by atoms with Crippen molar-refractivity contribution >= 4 is 5.91 Å². The smallest absolute Gasteiger partial charge is 0.416 e. The average molecular weight is 303 g/mol. The van der Waals surface area contributed by atoms with E-state index in [1.807, 2.05) is 6.92 Å². The molecule has 0 aliphatic carbocycles. The van der Waals surface area contributed by atoms with Gasteiger partial charge in [0, 0.05) is 13.1 Å². The van der Waals surface area contributed by atoms with E-state index >= 15 is 0 Å². The van der Waals surface area contributed by atoms with Crippen LogP contribution >= 0.6 is 0 Å². The van der Waals surface area contributed by atoms with Crippen LogP contribution in [0.15, 0.2) is 24.3 Å². The lowest BCUT2D eigenvalue weighted by Gasteiger charge is -2.31. The van der Waals surface area contributed by atoms with Crippen molar-refractivity contribution in [2.45, 2.75) is 19.2 Å². The van der Waals surface area contributed by atoms with E-state index in [0.29, 0.717) is 19.7 Å². The fraction of sp³-hybridized carbons (Fsp3) is 0.500. The molecule has 1 aliphatic rings. The fourth-order valence-electron chi connectivity index (χ4n) is 2.04. The number of amides is 1. The number of ether oxygens (including phenoxy) is 2. The predicted octanol–water partition coefficient (Wildman–Crippen LogP) is 2.33. The van der Waals surface area contributed by atoms with E-state index in [9.17, 15) is 18.0 Å². The van der Waals surface area contributed by atoms with Gasteiger partial charge in [-0.25, -0.2) is 0 Å². The summed E-state index contributed by atoms with van der Waals surface area (Å²) in [6, 6.07) is 4.48. The minimum Gasteiger partial charge on any atom is -0.484 e. The summed E-state index contributed by atoms with van der Waals surface area (Å²) in [5, 5.41) is 0. The Morgan fingerprint density at radius 3 is 2.90 bits per heavy atom. The van der Waals surface area contributed by atoms with E-state index in [1.165, 1.54) is 12.1 Å². The van der Waals surface area contributed by atoms with Gasteiger partial charge in [-0.3, -0.25) is 4.79 Å². The van der Waals surface area contributed by atoms with Crippen LogP contribution in [0, 0.1) is 0 Å². The van der Waals surface area contributed by atoms with Crippen molar-refractivity contribution in [3.05, 3.63) is 29.8 Å². The summed E-state index contributed by atoms with van der Waals surface area (Å²) in [7, 11) is 0. The molecule has 1 fully saturated rings. The van der Waals surface area contributed by atoms with Gasteiger partial charge in [-0.15, -0.1) is 0 Å². The van der Waals surface area contributed by atoms with Gasteiger partial charge in [0.1, 0.15) is 5.75 Å². The lowest BCUT2D eigenvalue weighted by molar-refractivity contribution is -0.140. The number of benzene rings is 1. The lowest BCUT2D eigenvalue weighted by atomic mass is 10.2. The fourth-order valence-corrected chi connectivity index (χ4v) is 2.04. The molecule has 1 heterocycles. The van der Waals surface area contributed by atoms with Crippen LogP contribution in [0.1, 0.15) is 12.5 Å². The molecule has 1 aliphatic heterocycles. The normalized spacial score (nSPS) is 19.4. The van der Waals surface area contributed by atoms with Gasteiger partial charge in [0.15, 0.2) is 6.61 Å². The topological polar surface area (TPSA) is 38.8 Å². The van der Waals surface area contributed by atoms with E-state index in [1.54, 1.807) is 4.90 Å². The van der Waals surface area contributed by atoms with E-state index in [2.05, 4.69) is 0 Å². The zero-order valence-electron chi connectivity index (χ0n) is 11.5. The minimum atomic E-state index is -4.43. The second kappa shape index (κ2) is 6.34. The molecule has 1 atom stereocenters. The number of hydrogen-bond acceptors (Lipinski definition) is 3. The van der Waals surface area contributed by atoms with E-state index in [4.69, 9.17) is 9.47 Å². The Hall–Kier alpha value is -1.76. The monoisotopic (exact) mass is 303 g/mol. The molecule has 1 aromatic carbocycles. The largest absolute Gasteiger partial charge is 0.484 e. The molecule has 0 radical (unpaired) electrons. The second-order valence-corrected chi connectivity index (χ2v) is 4.84. The summed E-state index contributed by atoms with van der Waals surface area (Å²) in [5.41, 5.74) is -0.799. The minimum absolute atomic E-state index is 0.0273. The Morgan fingerprint density at radius 1 is 1.48 bits per heavy atom. The van der Waals surface area contributed by atoms with Gasteiger partial charge in [0.05, 0.1) is 18.3 Å². The Balaban J connectivity index is 1.92. The van der Waals surface area contributed by atoms with Crippen molar-refractivity contribution in [2.24, 2.45) is 0 Å². The van der Waals surface area contributed by atoms with Crippen LogP contribution in [0.2, 0.25) is 0 Å². The first-order valence-corrected chi connectivity index (χ1v) is 6.55. The van der Waals surface area contributed by atoms with Crippen LogP contribution in [-0.4, -0.2) is 43.2 Å². The van der Waals surface area contributed by atoms with Crippen molar-refractivity contribution in [3.63, 3.8) is 0 Å². The Kier molecular flexibility index (Phi) is 4.72. The SMILES string of the molecule is CC1CN(C(=O)COc2cccc(C(F)(F)F)c2)CCO1. The van der Waals surface area contributed by atoms with Gasteiger partial charge in [-0.05, 0) is 25.1 Å². The zero-order valence-corrected chi connectivity index (χ0v) is 11.5. The molecule has 1 saturated heterocycles. The summed E-state index contributed by atoms with van der Waals surface area (Å²) < 4.78 is 48.1. The third kappa shape index (κ3) is 4.35. The van der Waals surface area contributed by atoms with Crippen molar-refractivity contribution in [1.29, 1.82) is 0 Å². The second-order valence-electron chi connectivity index (χ2n) is 4.84. The first-order chi connectivity index (χ1) is 9.86. The van der Waals surface area contributed by atoms with Gasteiger partial charge >= 0.3 is 6.18 Å². The van der Waals surface area contributed by atoms with Crippen LogP contribution in [0.5, 0.6) is 5.75 Å². The van der Waals surface area contributed by atoms with Gasteiger partial charge in [0.25, 0.3) is 5.91 Å². The maximum atomic E-state index is 12.6. The molecule has 0 bridgehead atoms. The highest BCUT2D eigenvalue weighted by Crippen LogP contribution is 2.31. The van der Waals surface area contributed by atoms with E-state index in [0.717, 1.165) is 12.1 Å². The lowest BCUT2D eigenvalue weighted by Crippen LogP contribution is -2.46. The van der Waals surface area contributed by atoms with Crippen molar-refractivity contribution in [2.75, 3.05) is 26.3 Å². The number of hydrogen-bond donors (Lipinski definition) is 0. The molecule has 0 saturated carbocycles. The molecular weight excluding hydrogens is 287 g/mol. The highest BCUT2D eigenvalue weighted by atomic mass is 19.4. The first kappa shape index (κ1) is 15.6. The number of carbonyl (C=O) groups excluding carboxylic acids is 1. The quantitative estimate of drug-likeness (QED) is 0.860. The third-order valence-electron chi connectivity index (χ3n) is 3.12. The number of nitrogens with zero attached hydrogens (tertiary/aromatic N) is 1. The Labute approximate surface area is 120 Å². The average Bonchev–Trinajstić information content (AvgIpc) is 2.44. The molecular formula is C14H16F3NO3. The maximum Gasteiger partial charge on any atom is 0.416 e. The van der Waals surface area contributed by atoms with E-state index < -0.39 is 11.7 Å². The summed E-state index contributed by atoms with van der Waals surface area (Å²) in [6.45, 7) is 2.96. The van der Waals surface area contributed by atoms with Crippen molar-refractivity contribution < 1.29 is 27.4 Å². The number of carbonyl (C=O) groups is 1. The summed E-state index contributed by atoms with van der Waals surface area (Å²) in [5.74, 6) is -0.234. The highest BCUT2D eigenvalue weighted by Gasteiger charge is 2.30. The van der Waals surface area contributed by atoms with Crippen LogP contribution in [-0.2, 0) is 15.7 Å². The van der Waals surface area contributed by atoms with Crippen LogP contribution < -0.4 is 4.74 Å². The number of rotatable bonds is 3. The van der Waals surface area contributed by atoms with Crippen molar-refractivity contribution in [1.82, 2.24) is 4.90 Å². The molecule has 21 heavy (non-hydrogen) atoms. The van der Waals surface area contributed by atoms with Crippen LogP contribution in [0.4, 0.5) is 13.2 Å². The number of halogens is 3. The molecule has 4 nitrogen and oxygen atoms in total. The standard InChI is InChI=1S/C14H16F3NO3/c1-10-8-18(5-6-20-10)13(19)9-21-12-4-2-3-11(7-12)14(15,16)17/h2-4,7,10H,5-6,8-9H2,1H3. The molecule has 7 heteroatoms. The summed E-state index contributed by atoms with van der Waals surface area (Å²) in [4.78, 5) is 13.5. The molecule has 116 valence electrons. The molecule has 0 aromatic heterocycles. The zero-order chi connectivity index (χ0) is 15.5. The van der Waals surface area contributed by atoms with E-state index in [-0.39, 0.29) is 24.4 Å².